The molecular weight excluding hydrogens is 240 g/mol. The summed E-state index contributed by atoms with van der Waals surface area (Å²) >= 11 is 1.82. The standard InChI is InChI=1S/C15H26N2S/c1-12(2)17-9-14-7-5-3-4-6-13(14)8-15-10-16-11-18-15/h10-14,17H,3-9H2,1-2H3. The van der Waals surface area contributed by atoms with E-state index in [9.17, 15) is 0 Å². The van der Waals surface area contributed by atoms with E-state index < -0.39 is 0 Å². The minimum atomic E-state index is 0.609. The maximum Gasteiger partial charge on any atom is 0.0794 e. The molecular formula is C15H26N2S. The summed E-state index contributed by atoms with van der Waals surface area (Å²) in [5.41, 5.74) is 1.97. The number of nitrogens with one attached hydrogen (secondary N) is 1. The lowest BCUT2D eigenvalue weighted by atomic mass is 9.85. The number of hydrogen-bond donors (Lipinski definition) is 1. The van der Waals surface area contributed by atoms with Crippen LogP contribution in [0.2, 0.25) is 0 Å². The zero-order valence-corrected chi connectivity index (χ0v) is 12.5. The van der Waals surface area contributed by atoms with Gasteiger partial charge in [0.1, 0.15) is 0 Å². The van der Waals surface area contributed by atoms with Gasteiger partial charge < -0.3 is 5.32 Å². The second kappa shape index (κ2) is 7.25. The molecule has 0 saturated heterocycles. The molecule has 1 N–H and O–H groups in total. The van der Waals surface area contributed by atoms with Crippen molar-refractivity contribution in [3.05, 3.63) is 16.6 Å². The number of hydrogen-bond acceptors (Lipinski definition) is 3. The Morgan fingerprint density at radius 1 is 1.28 bits per heavy atom. The van der Waals surface area contributed by atoms with Crippen molar-refractivity contribution < 1.29 is 0 Å². The van der Waals surface area contributed by atoms with Gasteiger partial charge in [0.2, 0.25) is 0 Å². The number of aromatic nitrogens is 1. The van der Waals surface area contributed by atoms with E-state index in [1.54, 1.807) is 0 Å². The molecule has 0 radical (unpaired) electrons. The lowest BCUT2D eigenvalue weighted by Gasteiger charge is -2.26. The van der Waals surface area contributed by atoms with E-state index >= 15 is 0 Å². The molecule has 0 amide bonds. The van der Waals surface area contributed by atoms with E-state index in [2.05, 4.69) is 30.3 Å². The molecule has 1 heterocycles. The van der Waals surface area contributed by atoms with Gasteiger partial charge in [0.05, 0.1) is 5.51 Å². The predicted molar refractivity (Wildman–Crippen MR) is 79.0 cm³/mol. The Morgan fingerprint density at radius 3 is 2.72 bits per heavy atom. The smallest absolute Gasteiger partial charge is 0.0794 e. The summed E-state index contributed by atoms with van der Waals surface area (Å²) in [6, 6.07) is 0.609. The first-order valence-corrected chi connectivity index (χ1v) is 8.24. The molecule has 1 fully saturated rings. The molecule has 0 aliphatic heterocycles. The Bertz CT molecular complexity index is 321. The summed E-state index contributed by atoms with van der Waals surface area (Å²) in [5, 5.41) is 3.64. The van der Waals surface area contributed by atoms with Crippen LogP contribution in [0.15, 0.2) is 11.7 Å². The van der Waals surface area contributed by atoms with Gasteiger partial charge in [0.25, 0.3) is 0 Å². The summed E-state index contributed by atoms with van der Waals surface area (Å²) in [6.07, 6.45) is 10.4. The fraction of sp³-hybridized carbons (Fsp3) is 0.800. The Kier molecular flexibility index (Phi) is 5.64. The van der Waals surface area contributed by atoms with Crippen LogP contribution in [0, 0.1) is 11.8 Å². The van der Waals surface area contributed by atoms with Crippen molar-refractivity contribution in [1.29, 1.82) is 0 Å². The number of nitrogens with zero attached hydrogens (tertiary/aromatic N) is 1. The van der Waals surface area contributed by atoms with E-state index in [1.807, 2.05) is 16.8 Å². The Morgan fingerprint density at radius 2 is 2.06 bits per heavy atom. The monoisotopic (exact) mass is 266 g/mol. The van der Waals surface area contributed by atoms with E-state index in [0.717, 1.165) is 11.8 Å². The van der Waals surface area contributed by atoms with Gasteiger partial charge in [-0.2, -0.15) is 0 Å². The first-order valence-electron chi connectivity index (χ1n) is 7.36. The van der Waals surface area contributed by atoms with Crippen molar-refractivity contribution in [2.24, 2.45) is 11.8 Å². The van der Waals surface area contributed by atoms with E-state index in [4.69, 9.17) is 0 Å². The summed E-state index contributed by atoms with van der Waals surface area (Å²) in [4.78, 5) is 5.68. The maximum absolute atomic E-state index is 4.21. The van der Waals surface area contributed by atoms with Gasteiger partial charge in [-0.1, -0.05) is 33.1 Å². The molecule has 0 bridgehead atoms. The molecule has 1 aliphatic rings. The molecule has 2 nitrogen and oxygen atoms in total. The maximum atomic E-state index is 4.21. The van der Waals surface area contributed by atoms with Crippen molar-refractivity contribution in [3.63, 3.8) is 0 Å². The number of thiazole rings is 1. The van der Waals surface area contributed by atoms with Crippen molar-refractivity contribution in [1.82, 2.24) is 10.3 Å². The predicted octanol–water partition coefficient (Wildman–Crippen LogP) is 3.88. The fourth-order valence-electron chi connectivity index (χ4n) is 2.99. The summed E-state index contributed by atoms with van der Waals surface area (Å²) in [6.45, 7) is 5.69. The molecule has 18 heavy (non-hydrogen) atoms. The average Bonchev–Trinajstić information content (AvgIpc) is 2.74. The lowest BCUT2D eigenvalue weighted by molar-refractivity contribution is 0.292. The highest BCUT2D eigenvalue weighted by atomic mass is 32.1. The highest BCUT2D eigenvalue weighted by Gasteiger charge is 2.24. The second-order valence-corrected chi connectivity index (χ2v) is 6.86. The molecule has 3 heteroatoms. The van der Waals surface area contributed by atoms with Gasteiger partial charge in [-0.15, -0.1) is 11.3 Å². The minimum Gasteiger partial charge on any atom is -0.314 e. The van der Waals surface area contributed by atoms with Crippen LogP contribution in [0.1, 0.15) is 50.8 Å². The van der Waals surface area contributed by atoms with Crippen LogP contribution in [0.25, 0.3) is 0 Å². The van der Waals surface area contributed by atoms with Gasteiger partial charge in [-0.3, -0.25) is 4.98 Å². The van der Waals surface area contributed by atoms with Crippen LogP contribution in [0.4, 0.5) is 0 Å². The average molecular weight is 266 g/mol. The van der Waals surface area contributed by atoms with Gasteiger partial charge in [-0.25, -0.2) is 0 Å². The van der Waals surface area contributed by atoms with Gasteiger partial charge in [0.15, 0.2) is 0 Å². The van der Waals surface area contributed by atoms with Crippen LogP contribution >= 0.6 is 11.3 Å². The normalized spacial score (nSPS) is 25.3. The van der Waals surface area contributed by atoms with Crippen molar-refractivity contribution >= 4 is 11.3 Å². The minimum absolute atomic E-state index is 0.609. The fourth-order valence-corrected chi connectivity index (χ4v) is 3.68. The van der Waals surface area contributed by atoms with Crippen LogP contribution < -0.4 is 5.32 Å². The third-order valence-electron chi connectivity index (χ3n) is 4.05. The van der Waals surface area contributed by atoms with Crippen LogP contribution in [0.5, 0.6) is 0 Å². The SMILES string of the molecule is CC(C)NCC1CCCCCC1Cc1cncs1. The molecule has 2 unspecified atom stereocenters. The Balaban J connectivity index is 1.93. The van der Waals surface area contributed by atoms with Gasteiger partial charge in [-0.05, 0) is 37.6 Å². The highest BCUT2D eigenvalue weighted by Crippen LogP contribution is 2.31. The first-order chi connectivity index (χ1) is 8.75. The van der Waals surface area contributed by atoms with Crippen molar-refractivity contribution in [2.75, 3.05) is 6.54 Å². The van der Waals surface area contributed by atoms with E-state index in [-0.39, 0.29) is 0 Å². The third kappa shape index (κ3) is 4.36. The highest BCUT2D eigenvalue weighted by molar-refractivity contribution is 7.09. The molecule has 0 aromatic carbocycles. The zero-order valence-electron chi connectivity index (χ0n) is 11.7. The molecule has 1 aromatic rings. The Labute approximate surface area is 115 Å². The summed E-state index contributed by atoms with van der Waals surface area (Å²) < 4.78 is 0. The quantitative estimate of drug-likeness (QED) is 0.818. The van der Waals surface area contributed by atoms with Crippen molar-refractivity contribution in [3.8, 4) is 0 Å². The van der Waals surface area contributed by atoms with Crippen molar-refractivity contribution in [2.45, 2.75) is 58.4 Å². The second-order valence-electron chi connectivity index (χ2n) is 5.89. The molecule has 102 valence electrons. The van der Waals surface area contributed by atoms with E-state index in [1.165, 1.54) is 49.9 Å². The number of rotatable bonds is 5. The lowest BCUT2D eigenvalue weighted by Crippen LogP contribution is -2.32. The first kappa shape index (κ1) is 14.0. The molecule has 1 aromatic heterocycles. The summed E-state index contributed by atoms with van der Waals surface area (Å²) in [7, 11) is 0. The third-order valence-corrected chi connectivity index (χ3v) is 4.85. The summed E-state index contributed by atoms with van der Waals surface area (Å²) in [5.74, 6) is 1.72. The molecule has 1 saturated carbocycles. The van der Waals surface area contributed by atoms with Crippen LogP contribution in [-0.4, -0.2) is 17.6 Å². The molecule has 2 atom stereocenters. The van der Waals surface area contributed by atoms with Gasteiger partial charge >= 0.3 is 0 Å². The molecule has 1 aliphatic carbocycles. The zero-order chi connectivity index (χ0) is 12.8. The molecule has 0 spiro atoms. The topological polar surface area (TPSA) is 24.9 Å². The molecule has 2 rings (SSSR count). The largest absolute Gasteiger partial charge is 0.314 e. The van der Waals surface area contributed by atoms with E-state index in [0.29, 0.717) is 6.04 Å². The van der Waals surface area contributed by atoms with Crippen LogP contribution in [0.3, 0.4) is 0 Å². The van der Waals surface area contributed by atoms with Crippen LogP contribution in [-0.2, 0) is 6.42 Å². The van der Waals surface area contributed by atoms with Gasteiger partial charge in [0, 0.05) is 17.1 Å². The Hall–Kier alpha value is -0.410.